The summed E-state index contributed by atoms with van der Waals surface area (Å²) in [4.78, 5) is 36.9. The molecule has 0 radical (unpaired) electrons. The summed E-state index contributed by atoms with van der Waals surface area (Å²) in [5, 5.41) is -0.556. The van der Waals surface area contributed by atoms with Gasteiger partial charge in [-0.05, 0) is 0 Å². The van der Waals surface area contributed by atoms with Crippen LogP contribution >= 0.6 is 23.0 Å². The van der Waals surface area contributed by atoms with Gasteiger partial charge in [-0.2, -0.15) is 0 Å². The Bertz CT molecular complexity index is 836. The minimum atomic E-state index is -3.08. The summed E-state index contributed by atoms with van der Waals surface area (Å²) < 4.78 is 61.9. The molecule has 0 aromatic rings. The maximum atomic E-state index is 13.8. The predicted molar refractivity (Wildman–Crippen MR) is 119 cm³/mol. The van der Waals surface area contributed by atoms with Crippen molar-refractivity contribution < 1.29 is 60.3 Å². The van der Waals surface area contributed by atoms with Crippen LogP contribution in [0.5, 0.6) is 0 Å². The van der Waals surface area contributed by atoms with Crippen LogP contribution in [0.2, 0.25) is 0 Å². The topological polar surface area (TPSA) is 151 Å². The van der Waals surface area contributed by atoms with E-state index in [4.69, 9.17) is 41.4 Å². The van der Waals surface area contributed by atoms with Gasteiger partial charge >= 0.3 is 197 Å². The molecule has 0 aliphatic carbocycles. The number of hydrogen-bond donors (Lipinski definition) is 0. The predicted octanol–water partition coefficient (Wildman–Crippen LogP) is 2.18. The molecular formula is C18H31O13P3. The van der Waals surface area contributed by atoms with Gasteiger partial charge in [0.05, 0.1) is 0 Å². The molecule has 3 unspecified atom stereocenters. The molecule has 6 saturated heterocycles. The van der Waals surface area contributed by atoms with Crippen molar-refractivity contribution in [2.75, 3.05) is 40.3 Å². The maximum absolute atomic E-state index is 13.8. The number of hydrogen-bond acceptors (Lipinski definition) is 13. The summed E-state index contributed by atoms with van der Waals surface area (Å²) in [6, 6.07) is 0. The molecule has 0 spiro atoms. The Kier molecular flexibility index (Phi) is 7.44. The Balaban J connectivity index is 1.46. The summed E-state index contributed by atoms with van der Waals surface area (Å²) in [5.74, 6) is -3.97. The van der Waals surface area contributed by atoms with E-state index in [2.05, 4.69) is 0 Å². The van der Waals surface area contributed by atoms with E-state index in [0.717, 1.165) is 0 Å². The van der Waals surface area contributed by atoms with Crippen LogP contribution in [0.1, 0.15) is 19.8 Å². The number of esters is 3. The van der Waals surface area contributed by atoms with Crippen molar-refractivity contribution in [1.29, 1.82) is 0 Å². The zero-order valence-electron chi connectivity index (χ0n) is 19.5. The fraction of sp³-hybridized carbons (Fsp3) is 0.833. The van der Waals surface area contributed by atoms with E-state index in [9.17, 15) is 18.9 Å². The molecule has 6 aliphatic rings. The normalized spacial score (nSPS) is 31.7. The van der Waals surface area contributed by atoms with E-state index in [0.29, 0.717) is 0 Å². The van der Waals surface area contributed by atoms with E-state index in [1.807, 2.05) is 0 Å². The van der Waals surface area contributed by atoms with Crippen molar-refractivity contribution in [3.63, 3.8) is 0 Å². The molecule has 6 rings (SSSR count). The standard InChI is InChI=1S/C18H31O13P3/c1-10(14(19)23-2)6-11(15(20)24-3)7-12(16(21)25-4)8-32(5,22)9-13(33-26-17(27-33)28-33)34-29-18(30-34)31-34/h10-13,17-18,33-34H,6-9H2,1-5H3/t10?,11-,12?,32?/m1/s1. The first-order valence-electron chi connectivity index (χ1n) is 10.8. The Labute approximate surface area is 197 Å². The van der Waals surface area contributed by atoms with E-state index < -0.39 is 77.0 Å². The first-order chi connectivity index (χ1) is 16.0. The molecule has 0 amide bonds. The van der Waals surface area contributed by atoms with Gasteiger partial charge in [0, 0.05) is 0 Å². The van der Waals surface area contributed by atoms with Gasteiger partial charge in [-0.3, -0.25) is 0 Å². The number of methoxy groups -OCH3 is 3. The molecule has 34 heavy (non-hydrogen) atoms. The Hall–Kier alpha value is -0.740. The molecule has 0 aromatic heterocycles. The first-order valence-corrected chi connectivity index (χ1v) is 16.9. The van der Waals surface area contributed by atoms with E-state index >= 15 is 0 Å². The summed E-state index contributed by atoms with van der Waals surface area (Å²) in [6.07, 6.45) is 0.104. The number of ether oxygens (including phenoxy) is 3. The summed E-state index contributed by atoms with van der Waals surface area (Å²) in [5.41, 5.74) is 0. The minimum absolute atomic E-state index is 0.00846. The van der Waals surface area contributed by atoms with Gasteiger partial charge in [0.2, 0.25) is 0 Å². The van der Waals surface area contributed by atoms with Crippen LogP contribution in [0.4, 0.5) is 0 Å². The average Bonchev–Trinajstić information content (AvgIpc) is 2.65. The molecule has 4 atom stereocenters. The van der Waals surface area contributed by atoms with Gasteiger partial charge in [0.15, 0.2) is 0 Å². The van der Waals surface area contributed by atoms with Gasteiger partial charge < -0.3 is 0 Å². The second-order valence-electron chi connectivity index (χ2n) is 9.04. The average molecular weight is 548 g/mol. The molecule has 0 saturated carbocycles. The van der Waals surface area contributed by atoms with Crippen molar-refractivity contribution >= 4 is 40.9 Å². The Morgan fingerprint density at radius 3 is 1.59 bits per heavy atom. The van der Waals surface area contributed by atoms with Crippen LogP contribution < -0.4 is 0 Å². The fourth-order valence-corrected chi connectivity index (χ4v) is 16.6. The van der Waals surface area contributed by atoms with Gasteiger partial charge in [-0.1, -0.05) is 0 Å². The number of carbonyl (C=O) groups excluding carboxylic acids is 3. The SMILES string of the molecule is COC(=O)C(C)C[C@H](CC(CP(C)(=O)CC([PH]12OC(O1)O2)[PH]12OC(O1)O2)C(=O)OC)C(=O)OC. The zero-order chi connectivity index (χ0) is 24.9. The Morgan fingerprint density at radius 1 is 0.765 bits per heavy atom. The molecule has 0 N–H and O–H groups in total. The Morgan fingerprint density at radius 2 is 1.21 bits per heavy atom. The van der Waals surface area contributed by atoms with Crippen molar-refractivity contribution in [3.05, 3.63) is 0 Å². The van der Waals surface area contributed by atoms with Crippen LogP contribution in [0, 0.1) is 17.8 Å². The van der Waals surface area contributed by atoms with Crippen molar-refractivity contribution in [2.24, 2.45) is 17.8 Å². The second kappa shape index (κ2) is 9.61. The molecule has 6 aliphatic heterocycles. The fourth-order valence-electron chi connectivity index (χ4n) is 4.65. The van der Waals surface area contributed by atoms with Crippen LogP contribution in [0.3, 0.4) is 0 Å². The summed E-state index contributed by atoms with van der Waals surface area (Å²) in [6.45, 7) is 1.77. The third-order valence-electron chi connectivity index (χ3n) is 6.47. The zero-order valence-corrected chi connectivity index (χ0v) is 22.4. The van der Waals surface area contributed by atoms with E-state index in [1.165, 1.54) is 21.3 Å². The molecule has 196 valence electrons. The third-order valence-corrected chi connectivity index (χ3v) is 16.9. The van der Waals surface area contributed by atoms with Gasteiger partial charge in [0.25, 0.3) is 0 Å². The molecule has 6 fully saturated rings. The summed E-state index contributed by atoms with van der Waals surface area (Å²) >= 11 is 0. The van der Waals surface area contributed by atoms with E-state index in [1.54, 1.807) is 13.6 Å². The third kappa shape index (κ3) is 4.80. The number of carbonyl (C=O) groups is 3. The van der Waals surface area contributed by atoms with Crippen molar-refractivity contribution in [2.45, 2.75) is 38.1 Å². The van der Waals surface area contributed by atoms with Gasteiger partial charge in [-0.25, -0.2) is 0 Å². The van der Waals surface area contributed by atoms with Crippen LogP contribution in [-0.2, 0) is 60.3 Å². The quantitative estimate of drug-likeness (QED) is 0.188. The molecule has 13 nitrogen and oxygen atoms in total. The van der Waals surface area contributed by atoms with Crippen molar-refractivity contribution in [3.8, 4) is 0 Å². The molecule has 4 bridgehead atoms. The van der Waals surface area contributed by atoms with Crippen LogP contribution in [0.25, 0.3) is 0 Å². The van der Waals surface area contributed by atoms with Gasteiger partial charge in [-0.15, -0.1) is 0 Å². The second-order valence-corrected chi connectivity index (χ2v) is 18.2. The summed E-state index contributed by atoms with van der Waals surface area (Å²) in [7, 11) is -5.52. The molecule has 0 aromatic carbocycles. The van der Waals surface area contributed by atoms with Crippen molar-refractivity contribution in [1.82, 2.24) is 0 Å². The molecule has 6 heterocycles. The monoisotopic (exact) mass is 548 g/mol. The van der Waals surface area contributed by atoms with E-state index in [-0.39, 0.29) is 25.2 Å². The number of rotatable bonds is 13. The first kappa shape index (κ1) is 26.3. The van der Waals surface area contributed by atoms with Crippen LogP contribution in [-0.4, -0.2) is 76.6 Å². The molecule has 16 heteroatoms. The molecular weight excluding hydrogens is 517 g/mol. The van der Waals surface area contributed by atoms with Crippen LogP contribution in [0.15, 0.2) is 0 Å². The van der Waals surface area contributed by atoms with Gasteiger partial charge in [0.1, 0.15) is 0 Å².